The number of hydrogen-bond donors (Lipinski definition) is 2. The lowest BCUT2D eigenvalue weighted by Gasteiger charge is -2.52. The summed E-state index contributed by atoms with van der Waals surface area (Å²) in [5.74, 6) is 0.895. The first-order valence-corrected chi connectivity index (χ1v) is 11.7. The van der Waals surface area contributed by atoms with Crippen LogP contribution >= 0.6 is 0 Å². The Kier molecular flexibility index (Phi) is 6.54. The number of carbonyl (C=O) groups excluding carboxylic acids is 1. The van der Waals surface area contributed by atoms with Crippen molar-refractivity contribution in [2.75, 3.05) is 32.8 Å². The predicted octanol–water partition coefficient (Wildman–Crippen LogP) is 3.47. The molecule has 6 nitrogen and oxygen atoms in total. The van der Waals surface area contributed by atoms with Gasteiger partial charge in [0.1, 0.15) is 0 Å². The number of rotatable bonds is 5. The molecule has 2 saturated heterocycles. The summed E-state index contributed by atoms with van der Waals surface area (Å²) in [6.07, 6.45) is 8.07. The molecule has 4 rings (SSSR count). The van der Waals surface area contributed by atoms with Gasteiger partial charge in [0.2, 0.25) is 5.91 Å². The van der Waals surface area contributed by atoms with E-state index in [4.69, 9.17) is 4.74 Å². The van der Waals surface area contributed by atoms with Crippen LogP contribution in [0, 0.1) is 5.92 Å². The molecule has 30 heavy (non-hydrogen) atoms. The van der Waals surface area contributed by atoms with Crippen LogP contribution in [0.4, 0.5) is 0 Å². The molecule has 3 aliphatic rings. The third-order valence-electron chi connectivity index (χ3n) is 7.34. The second-order valence-corrected chi connectivity index (χ2v) is 9.22. The number of carbonyl (C=O) groups is 1. The lowest BCUT2D eigenvalue weighted by atomic mass is 9.66. The number of likely N-dealkylation sites (tertiary alicyclic amines) is 2. The summed E-state index contributed by atoms with van der Waals surface area (Å²) in [6.45, 7) is 5.20. The number of benzene rings is 1. The van der Waals surface area contributed by atoms with E-state index in [-0.39, 0.29) is 23.6 Å². The Balaban J connectivity index is 1.63. The highest BCUT2D eigenvalue weighted by molar-refractivity contribution is 5.78. The van der Waals surface area contributed by atoms with Crippen LogP contribution in [-0.2, 0) is 4.79 Å². The summed E-state index contributed by atoms with van der Waals surface area (Å²) >= 11 is 0. The first-order valence-electron chi connectivity index (χ1n) is 11.7. The third-order valence-corrected chi connectivity index (χ3v) is 7.34. The van der Waals surface area contributed by atoms with E-state index in [1.807, 2.05) is 24.0 Å². The Morgan fingerprint density at radius 2 is 1.93 bits per heavy atom. The highest BCUT2D eigenvalue weighted by atomic mass is 16.5. The Morgan fingerprint density at radius 3 is 2.70 bits per heavy atom. The van der Waals surface area contributed by atoms with Crippen LogP contribution in [0.3, 0.4) is 0 Å². The Bertz CT molecular complexity index is 749. The number of piperidine rings is 2. The average molecular weight is 417 g/mol. The second-order valence-electron chi connectivity index (χ2n) is 9.22. The van der Waals surface area contributed by atoms with Crippen molar-refractivity contribution in [3.63, 3.8) is 0 Å². The molecule has 0 unspecified atom stereocenters. The number of phenols is 1. The van der Waals surface area contributed by atoms with Gasteiger partial charge >= 0.3 is 0 Å². The minimum absolute atomic E-state index is 0.0439. The van der Waals surface area contributed by atoms with E-state index in [0.29, 0.717) is 25.4 Å². The summed E-state index contributed by atoms with van der Waals surface area (Å²) in [7, 11) is 0. The van der Waals surface area contributed by atoms with Crippen LogP contribution in [0.15, 0.2) is 18.2 Å². The molecular weight excluding hydrogens is 380 g/mol. The molecule has 2 heterocycles. The standard InChI is InChI=1S/C24H36N2O4/c1-2-30-21-16-18(9-10-20(21)27)23-19-8-4-5-11-24(19,29)12-15-26(23)17-22(28)25-13-6-3-7-14-25/h9-10,16,19,23,27,29H,2-8,11-15,17H2,1H3/t19-,23+,24+/m1/s1. The Morgan fingerprint density at radius 1 is 1.13 bits per heavy atom. The fourth-order valence-electron chi connectivity index (χ4n) is 5.77. The van der Waals surface area contributed by atoms with Crippen LogP contribution in [0.2, 0.25) is 0 Å². The Hall–Kier alpha value is -1.79. The summed E-state index contributed by atoms with van der Waals surface area (Å²) in [5, 5.41) is 21.6. The lowest BCUT2D eigenvalue weighted by molar-refractivity contribution is -0.145. The predicted molar refractivity (Wildman–Crippen MR) is 116 cm³/mol. The molecule has 0 spiro atoms. The van der Waals surface area contributed by atoms with Crippen molar-refractivity contribution in [1.82, 2.24) is 9.80 Å². The molecule has 1 aliphatic carbocycles. The molecule has 3 atom stereocenters. The highest BCUT2D eigenvalue weighted by Crippen LogP contribution is 2.50. The van der Waals surface area contributed by atoms with Crippen molar-refractivity contribution in [2.24, 2.45) is 5.92 Å². The fourth-order valence-corrected chi connectivity index (χ4v) is 5.77. The van der Waals surface area contributed by atoms with Gasteiger partial charge in [0, 0.05) is 31.6 Å². The minimum Gasteiger partial charge on any atom is -0.504 e. The van der Waals surface area contributed by atoms with Crippen molar-refractivity contribution in [2.45, 2.75) is 69.9 Å². The van der Waals surface area contributed by atoms with Crippen LogP contribution in [-0.4, -0.2) is 64.3 Å². The Labute approximate surface area is 179 Å². The quantitative estimate of drug-likeness (QED) is 0.769. The van der Waals surface area contributed by atoms with Crippen molar-refractivity contribution in [3.8, 4) is 11.5 Å². The number of aromatic hydroxyl groups is 1. The zero-order valence-corrected chi connectivity index (χ0v) is 18.2. The number of aliphatic hydroxyl groups is 1. The summed E-state index contributed by atoms with van der Waals surface area (Å²) < 4.78 is 5.63. The van der Waals surface area contributed by atoms with Gasteiger partial charge in [-0.25, -0.2) is 0 Å². The van der Waals surface area contributed by atoms with E-state index in [1.165, 1.54) is 6.42 Å². The van der Waals surface area contributed by atoms with Crippen LogP contribution in [0.1, 0.15) is 69.9 Å². The second kappa shape index (κ2) is 9.15. The van der Waals surface area contributed by atoms with Gasteiger partial charge in [-0.3, -0.25) is 9.69 Å². The molecule has 3 fully saturated rings. The van der Waals surface area contributed by atoms with E-state index >= 15 is 0 Å². The van der Waals surface area contributed by atoms with Crippen LogP contribution < -0.4 is 4.74 Å². The normalized spacial score (nSPS) is 30.0. The summed E-state index contributed by atoms with van der Waals surface area (Å²) in [6, 6.07) is 5.47. The van der Waals surface area contributed by atoms with Crippen molar-refractivity contribution < 1.29 is 19.7 Å². The molecule has 1 amide bonds. The van der Waals surface area contributed by atoms with E-state index < -0.39 is 5.60 Å². The van der Waals surface area contributed by atoms with Gasteiger partial charge in [0.15, 0.2) is 11.5 Å². The van der Waals surface area contributed by atoms with E-state index in [0.717, 1.165) is 63.6 Å². The number of phenolic OH excluding ortho intramolecular Hbond substituents is 1. The maximum absolute atomic E-state index is 13.1. The molecule has 1 aromatic carbocycles. The largest absolute Gasteiger partial charge is 0.504 e. The third kappa shape index (κ3) is 4.30. The van der Waals surface area contributed by atoms with Gasteiger partial charge in [-0.2, -0.15) is 0 Å². The van der Waals surface area contributed by atoms with Gasteiger partial charge in [-0.15, -0.1) is 0 Å². The zero-order chi connectivity index (χ0) is 21.1. The summed E-state index contributed by atoms with van der Waals surface area (Å²) in [5.41, 5.74) is 0.352. The monoisotopic (exact) mass is 416 g/mol. The molecule has 1 saturated carbocycles. The van der Waals surface area contributed by atoms with Gasteiger partial charge in [-0.05, 0) is 63.1 Å². The fraction of sp³-hybridized carbons (Fsp3) is 0.708. The molecule has 2 aliphatic heterocycles. The van der Waals surface area contributed by atoms with Gasteiger partial charge in [0.25, 0.3) is 0 Å². The lowest BCUT2D eigenvalue weighted by Crippen LogP contribution is -2.56. The van der Waals surface area contributed by atoms with Crippen LogP contribution in [0.5, 0.6) is 11.5 Å². The topological polar surface area (TPSA) is 73.2 Å². The van der Waals surface area contributed by atoms with Gasteiger partial charge in [-0.1, -0.05) is 18.9 Å². The SMILES string of the molecule is CCOc1cc([C@H]2[C@H]3CCCC[C@]3(O)CCN2CC(=O)N2CCCCC2)ccc1O. The highest BCUT2D eigenvalue weighted by Gasteiger charge is 2.49. The van der Waals surface area contributed by atoms with Crippen molar-refractivity contribution in [1.29, 1.82) is 0 Å². The number of hydrogen-bond acceptors (Lipinski definition) is 5. The van der Waals surface area contributed by atoms with Crippen LogP contribution in [0.25, 0.3) is 0 Å². The molecule has 166 valence electrons. The summed E-state index contributed by atoms with van der Waals surface area (Å²) in [4.78, 5) is 17.3. The van der Waals surface area contributed by atoms with E-state index in [1.54, 1.807) is 6.07 Å². The minimum atomic E-state index is -0.669. The van der Waals surface area contributed by atoms with Crippen molar-refractivity contribution >= 4 is 5.91 Å². The number of amides is 1. The molecule has 2 N–H and O–H groups in total. The molecule has 0 aromatic heterocycles. The smallest absolute Gasteiger partial charge is 0.236 e. The first-order chi connectivity index (χ1) is 14.5. The molecule has 0 bridgehead atoms. The number of nitrogens with zero attached hydrogens (tertiary/aromatic N) is 2. The van der Waals surface area contributed by atoms with Crippen molar-refractivity contribution in [3.05, 3.63) is 23.8 Å². The van der Waals surface area contributed by atoms with E-state index in [9.17, 15) is 15.0 Å². The first kappa shape index (κ1) is 21.4. The number of fused-ring (bicyclic) bond motifs is 1. The molecular formula is C24H36N2O4. The number of ether oxygens (including phenoxy) is 1. The zero-order valence-electron chi connectivity index (χ0n) is 18.2. The maximum atomic E-state index is 13.1. The molecule has 0 radical (unpaired) electrons. The average Bonchev–Trinajstić information content (AvgIpc) is 2.76. The van der Waals surface area contributed by atoms with Gasteiger partial charge in [0.05, 0.1) is 18.8 Å². The maximum Gasteiger partial charge on any atom is 0.236 e. The molecule has 1 aromatic rings. The van der Waals surface area contributed by atoms with Gasteiger partial charge < -0.3 is 19.8 Å². The molecule has 6 heteroatoms. The van der Waals surface area contributed by atoms with E-state index in [2.05, 4.69) is 4.90 Å².